The first-order valence-corrected chi connectivity index (χ1v) is 5.87. The van der Waals surface area contributed by atoms with Crippen molar-refractivity contribution in [1.82, 2.24) is 19.6 Å². The lowest BCUT2D eigenvalue weighted by Crippen LogP contribution is -2.12. The van der Waals surface area contributed by atoms with Crippen molar-refractivity contribution in [2.24, 2.45) is 0 Å². The van der Waals surface area contributed by atoms with Gasteiger partial charge < -0.3 is 5.11 Å². The number of H-pyrrole nitrogens is 1. The van der Waals surface area contributed by atoms with E-state index in [1.54, 1.807) is 18.2 Å². The van der Waals surface area contributed by atoms with Gasteiger partial charge in [0, 0.05) is 4.47 Å². The van der Waals surface area contributed by atoms with Gasteiger partial charge in [-0.1, -0.05) is 28.1 Å². The van der Waals surface area contributed by atoms with E-state index in [-0.39, 0.29) is 17.2 Å². The van der Waals surface area contributed by atoms with Gasteiger partial charge in [-0.15, -0.1) is 0 Å². The van der Waals surface area contributed by atoms with Crippen LogP contribution in [0.2, 0.25) is 0 Å². The smallest absolute Gasteiger partial charge is 0.264 e. The third-order valence-corrected chi connectivity index (χ3v) is 3.03. The van der Waals surface area contributed by atoms with Gasteiger partial charge in [0.1, 0.15) is 11.9 Å². The zero-order chi connectivity index (χ0) is 12.7. The Hall–Kier alpha value is -2.15. The third-order valence-electron chi connectivity index (χ3n) is 2.54. The summed E-state index contributed by atoms with van der Waals surface area (Å²) in [5.74, 6) is -0.0272. The van der Waals surface area contributed by atoms with E-state index in [2.05, 4.69) is 31.0 Å². The molecule has 0 saturated heterocycles. The number of fused-ring (bicyclic) bond motifs is 1. The number of aromatic amines is 1. The molecule has 0 saturated carbocycles. The molecule has 0 fully saturated rings. The summed E-state index contributed by atoms with van der Waals surface area (Å²) in [6.45, 7) is 0. The van der Waals surface area contributed by atoms with Crippen molar-refractivity contribution in [2.75, 3.05) is 0 Å². The van der Waals surface area contributed by atoms with Crippen LogP contribution in [0, 0.1) is 0 Å². The summed E-state index contributed by atoms with van der Waals surface area (Å²) in [4.78, 5) is 18.3. The molecule has 0 spiro atoms. The van der Waals surface area contributed by atoms with Crippen LogP contribution < -0.4 is 5.56 Å². The summed E-state index contributed by atoms with van der Waals surface area (Å²) in [6.07, 6.45) is 1.26. The number of benzene rings is 1. The van der Waals surface area contributed by atoms with Gasteiger partial charge in [0.15, 0.2) is 0 Å². The fraction of sp³-hybridized carbons (Fsp3) is 0. The number of hydrogen-bond acceptors (Lipinski definition) is 4. The van der Waals surface area contributed by atoms with Crippen LogP contribution in [0.15, 0.2) is 39.9 Å². The number of nitrogens with zero attached hydrogens (tertiary/aromatic N) is 3. The van der Waals surface area contributed by atoms with Crippen molar-refractivity contribution >= 4 is 21.7 Å². The Labute approximate surface area is 109 Å². The number of aromatic hydroxyl groups is 1. The van der Waals surface area contributed by atoms with Gasteiger partial charge in [0.25, 0.3) is 5.56 Å². The van der Waals surface area contributed by atoms with Crippen LogP contribution in [-0.2, 0) is 0 Å². The van der Waals surface area contributed by atoms with E-state index in [9.17, 15) is 9.90 Å². The normalized spacial score (nSPS) is 10.9. The first-order valence-electron chi connectivity index (χ1n) is 5.08. The summed E-state index contributed by atoms with van der Waals surface area (Å²) in [5.41, 5.74) is 0.348. The monoisotopic (exact) mass is 306 g/mol. The standard InChI is InChI=1S/C11H7BrN4O2/c12-7-3-1-2-6(4-7)8-9(17)15-11-13-5-14-16(11)10(8)18/h1-5,18H,(H,13,14,15,17). The highest BCUT2D eigenvalue weighted by molar-refractivity contribution is 9.10. The summed E-state index contributed by atoms with van der Waals surface area (Å²) in [5, 5.41) is 13.9. The minimum Gasteiger partial charge on any atom is -0.493 e. The van der Waals surface area contributed by atoms with E-state index < -0.39 is 5.56 Å². The molecule has 7 heteroatoms. The molecule has 18 heavy (non-hydrogen) atoms. The lowest BCUT2D eigenvalue weighted by Gasteiger charge is -2.05. The molecule has 3 aromatic rings. The summed E-state index contributed by atoms with van der Waals surface area (Å²) in [6, 6.07) is 7.09. The Morgan fingerprint density at radius 1 is 1.39 bits per heavy atom. The van der Waals surface area contributed by atoms with Crippen LogP contribution in [0.1, 0.15) is 0 Å². The minimum absolute atomic E-state index is 0.161. The van der Waals surface area contributed by atoms with Gasteiger partial charge in [0.2, 0.25) is 11.7 Å². The van der Waals surface area contributed by atoms with Crippen molar-refractivity contribution in [3.05, 3.63) is 45.4 Å². The lowest BCUT2D eigenvalue weighted by molar-refractivity contribution is 0.436. The quantitative estimate of drug-likeness (QED) is 0.714. The van der Waals surface area contributed by atoms with E-state index in [4.69, 9.17) is 0 Å². The van der Waals surface area contributed by atoms with Crippen LogP contribution in [0.3, 0.4) is 0 Å². The molecule has 0 amide bonds. The molecule has 2 N–H and O–H groups in total. The molecule has 0 aliphatic rings. The molecule has 1 aromatic carbocycles. The molecule has 0 atom stereocenters. The Morgan fingerprint density at radius 3 is 3.00 bits per heavy atom. The summed E-state index contributed by atoms with van der Waals surface area (Å²) < 4.78 is 2.00. The molecule has 90 valence electrons. The Morgan fingerprint density at radius 2 is 2.22 bits per heavy atom. The van der Waals surface area contributed by atoms with E-state index in [1.807, 2.05) is 6.07 Å². The van der Waals surface area contributed by atoms with Crippen LogP contribution in [0.4, 0.5) is 0 Å². The second kappa shape index (κ2) is 3.95. The molecule has 0 bridgehead atoms. The molecule has 6 nitrogen and oxygen atoms in total. The van der Waals surface area contributed by atoms with Crippen LogP contribution in [-0.4, -0.2) is 24.7 Å². The second-order valence-electron chi connectivity index (χ2n) is 3.66. The second-order valence-corrected chi connectivity index (χ2v) is 4.57. The summed E-state index contributed by atoms with van der Waals surface area (Å²) in [7, 11) is 0. The maximum absolute atomic E-state index is 12.0. The molecule has 3 rings (SSSR count). The molecule has 2 aromatic heterocycles. The summed E-state index contributed by atoms with van der Waals surface area (Å²) >= 11 is 3.32. The SMILES string of the molecule is O=c1[nH]c2ncnn2c(O)c1-c1cccc(Br)c1. The maximum Gasteiger partial charge on any atom is 0.264 e. The van der Waals surface area contributed by atoms with Gasteiger partial charge >= 0.3 is 0 Å². The van der Waals surface area contributed by atoms with Gasteiger partial charge in [-0.3, -0.25) is 9.78 Å². The largest absolute Gasteiger partial charge is 0.493 e. The van der Waals surface area contributed by atoms with E-state index in [0.717, 1.165) is 4.47 Å². The van der Waals surface area contributed by atoms with Gasteiger partial charge in [-0.25, -0.2) is 0 Å². The molecule has 0 unspecified atom stereocenters. The first-order chi connectivity index (χ1) is 8.66. The highest BCUT2D eigenvalue weighted by atomic mass is 79.9. The average Bonchev–Trinajstić information content (AvgIpc) is 2.77. The van der Waals surface area contributed by atoms with Gasteiger partial charge in [0.05, 0.1) is 0 Å². The number of halogens is 1. The Balaban J connectivity index is 2.38. The zero-order valence-corrected chi connectivity index (χ0v) is 10.5. The number of aromatic nitrogens is 4. The van der Waals surface area contributed by atoms with Crippen LogP contribution in [0.25, 0.3) is 16.9 Å². The number of nitrogens with one attached hydrogen (secondary N) is 1. The van der Waals surface area contributed by atoms with Gasteiger partial charge in [-0.2, -0.15) is 14.6 Å². The maximum atomic E-state index is 12.0. The predicted molar refractivity (Wildman–Crippen MR) is 68.4 cm³/mol. The average molecular weight is 307 g/mol. The number of rotatable bonds is 1. The third kappa shape index (κ3) is 1.60. The fourth-order valence-corrected chi connectivity index (χ4v) is 2.16. The van der Waals surface area contributed by atoms with Crippen molar-refractivity contribution in [2.45, 2.75) is 0 Å². The highest BCUT2D eigenvalue weighted by Crippen LogP contribution is 2.26. The van der Waals surface area contributed by atoms with Crippen LogP contribution >= 0.6 is 15.9 Å². The number of hydrogen-bond donors (Lipinski definition) is 2. The molecular formula is C11H7BrN4O2. The lowest BCUT2D eigenvalue weighted by atomic mass is 10.1. The highest BCUT2D eigenvalue weighted by Gasteiger charge is 2.15. The van der Waals surface area contributed by atoms with Gasteiger partial charge in [-0.05, 0) is 17.7 Å². The van der Waals surface area contributed by atoms with Crippen molar-refractivity contribution in [3.63, 3.8) is 0 Å². The Bertz CT molecular complexity index is 793. The minimum atomic E-state index is -0.411. The van der Waals surface area contributed by atoms with E-state index >= 15 is 0 Å². The topological polar surface area (TPSA) is 83.3 Å². The molecule has 0 aliphatic carbocycles. The van der Waals surface area contributed by atoms with Crippen LogP contribution in [0.5, 0.6) is 5.88 Å². The van der Waals surface area contributed by atoms with E-state index in [0.29, 0.717) is 5.56 Å². The van der Waals surface area contributed by atoms with Crippen molar-refractivity contribution in [1.29, 1.82) is 0 Å². The predicted octanol–water partition coefficient (Wildman–Crippen LogP) is 1.55. The van der Waals surface area contributed by atoms with Crippen molar-refractivity contribution in [3.8, 4) is 17.0 Å². The molecule has 2 heterocycles. The Kier molecular flexibility index (Phi) is 2.41. The molecular weight excluding hydrogens is 300 g/mol. The molecule has 0 aliphatic heterocycles. The fourth-order valence-electron chi connectivity index (χ4n) is 1.76. The first kappa shape index (κ1) is 11.0. The molecule has 0 radical (unpaired) electrons. The van der Waals surface area contributed by atoms with Crippen molar-refractivity contribution < 1.29 is 5.11 Å². The zero-order valence-electron chi connectivity index (χ0n) is 8.96. The van der Waals surface area contributed by atoms with E-state index in [1.165, 1.54) is 10.8 Å².